The van der Waals surface area contributed by atoms with Crippen LogP contribution in [0.25, 0.3) is 0 Å². The molecule has 29 heavy (non-hydrogen) atoms. The Morgan fingerprint density at radius 1 is 0.897 bits per heavy atom. The van der Waals surface area contributed by atoms with Gasteiger partial charge in [0.25, 0.3) is 0 Å². The summed E-state index contributed by atoms with van der Waals surface area (Å²) in [4.78, 5) is 10.1. The van der Waals surface area contributed by atoms with Crippen molar-refractivity contribution in [3.63, 3.8) is 0 Å². The first-order valence-corrected chi connectivity index (χ1v) is 10.1. The van der Waals surface area contributed by atoms with E-state index in [0.29, 0.717) is 12.1 Å². The Labute approximate surface area is 168 Å². The Bertz CT molecular complexity index is 676. The fraction of sp³-hybridized carbons (Fsp3) is 0.812. The summed E-state index contributed by atoms with van der Waals surface area (Å²) in [5, 5.41) is 45.3. The minimum atomic E-state index is -0.720. The summed E-state index contributed by atoms with van der Waals surface area (Å²) in [5.74, 6) is 0.879. The number of nitrogens with zero attached hydrogens (tertiary/aromatic N) is 6. The quantitative estimate of drug-likeness (QED) is 0.363. The van der Waals surface area contributed by atoms with Gasteiger partial charge in [-0.15, -0.1) is 20.4 Å². The smallest absolute Gasteiger partial charge is 0.320 e. The number of carbonyl (C=O) groups is 1. The maximum atomic E-state index is 10.1. The van der Waals surface area contributed by atoms with Crippen molar-refractivity contribution in [2.24, 2.45) is 0 Å². The van der Waals surface area contributed by atoms with Gasteiger partial charge < -0.3 is 21.1 Å². The molecule has 6 N–H and O–H groups in total. The zero-order chi connectivity index (χ0) is 20.3. The van der Waals surface area contributed by atoms with E-state index in [-0.39, 0.29) is 6.04 Å². The first-order valence-electron chi connectivity index (χ1n) is 10.1. The van der Waals surface area contributed by atoms with E-state index in [1.807, 2.05) is 0 Å². The molecule has 160 valence electrons. The predicted molar refractivity (Wildman–Crippen MR) is 102 cm³/mol. The van der Waals surface area contributed by atoms with Gasteiger partial charge in [0.15, 0.2) is 11.6 Å². The van der Waals surface area contributed by atoms with Crippen LogP contribution in [0, 0.1) is 0 Å². The van der Waals surface area contributed by atoms with Gasteiger partial charge in [-0.1, -0.05) is 10.4 Å². The molecule has 0 aromatic carbocycles. The lowest BCUT2D eigenvalue weighted by atomic mass is 10.1. The van der Waals surface area contributed by atoms with Crippen molar-refractivity contribution < 1.29 is 9.90 Å². The number of rotatable bonds is 4. The lowest BCUT2D eigenvalue weighted by molar-refractivity contribution is -0.139. The summed E-state index contributed by atoms with van der Waals surface area (Å²) >= 11 is 0. The summed E-state index contributed by atoms with van der Waals surface area (Å²) in [5.41, 5.74) is 0. The van der Waals surface area contributed by atoms with Crippen LogP contribution in [0.15, 0.2) is 0 Å². The van der Waals surface area contributed by atoms with Gasteiger partial charge in [-0.05, 0) is 58.2 Å². The molecule has 5 rings (SSSR count). The van der Waals surface area contributed by atoms with E-state index in [1.165, 1.54) is 19.3 Å². The SMILES string of the molecule is C1CN[C@@H](Cc2nn[nH]n2)C1.C1CN[C@@H](c2nn[nH]n2)C1.O=C(O)[C@H]1CCCN1. The number of hydrogen-bond acceptors (Lipinski definition) is 10. The normalized spacial score (nSPS) is 25.7. The predicted octanol–water partition coefficient (Wildman–Crippen LogP) is -1.06. The van der Waals surface area contributed by atoms with E-state index in [9.17, 15) is 4.79 Å². The Hall–Kier alpha value is -2.51. The molecule has 2 aromatic rings. The maximum absolute atomic E-state index is 10.1. The Kier molecular flexibility index (Phi) is 8.40. The number of H-pyrrole nitrogens is 2. The molecule has 3 atom stereocenters. The number of tetrazole rings is 2. The van der Waals surface area contributed by atoms with Crippen molar-refractivity contribution in [3.8, 4) is 0 Å². The highest BCUT2D eigenvalue weighted by Gasteiger charge is 2.20. The average molecular weight is 407 g/mol. The van der Waals surface area contributed by atoms with Crippen LogP contribution in [0.5, 0.6) is 0 Å². The Balaban J connectivity index is 0.000000126. The minimum absolute atomic E-state index is 0.269. The van der Waals surface area contributed by atoms with E-state index >= 15 is 0 Å². The molecule has 0 bridgehead atoms. The monoisotopic (exact) mass is 407 g/mol. The lowest BCUT2D eigenvalue weighted by Gasteiger charge is -2.04. The number of aromatic amines is 2. The Morgan fingerprint density at radius 2 is 1.62 bits per heavy atom. The minimum Gasteiger partial charge on any atom is -0.480 e. The van der Waals surface area contributed by atoms with Crippen LogP contribution in [-0.4, -0.2) is 84.0 Å². The average Bonchev–Trinajstić information content (AvgIpc) is 3.57. The molecule has 13 nitrogen and oxygen atoms in total. The first kappa shape index (κ1) is 21.2. The lowest BCUT2D eigenvalue weighted by Crippen LogP contribution is -2.29. The van der Waals surface area contributed by atoms with E-state index in [1.54, 1.807) is 0 Å². The van der Waals surface area contributed by atoms with Gasteiger partial charge in [-0.2, -0.15) is 10.4 Å². The summed E-state index contributed by atoms with van der Waals surface area (Å²) in [6.45, 7) is 3.05. The molecule has 0 unspecified atom stereocenters. The van der Waals surface area contributed by atoms with Gasteiger partial charge in [-0.25, -0.2) is 0 Å². The second kappa shape index (κ2) is 11.5. The first-order chi connectivity index (χ1) is 14.2. The molecule has 0 saturated carbocycles. The Morgan fingerprint density at radius 3 is 2.14 bits per heavy atom. The fourth-order valence-electron chi connectivity index (χ4n) is 3.54. The van der Waals surface area contributed by atoms with Crippen LogP contribution in [0.1, 0.15) is 56.2 Å². The number of aromatic nitrogens is 8. The molecular weight excluding hydrogens is 378 g/mol. The van der Waals surface area contributed by atoms with Gasteiger partial charge in [-0.3, -0.25) is 4.79 Å². The van der Waals surface area contributed by atoms with Crippen molar-refractivity contribution in [1.82, 2.24) is 57.2 Å². The van der Waals surface area contributed by atoms with Crippen LogP contribution < -0.4 is 16.0 Å². The van der Waals surface area contributed by atoms with Crippen molar-refractivity contribution in [3.05, 3.63) is 11.6 Å². The third kappa shape index (κ3) is 7.11. The summed E-state index contributed by atoms with van der Waals surface area (Å²) in [6.07, 6.45) is 7.51. The highest BCUT2D eigenvalue weighted by molar-refractivity contribution is 5.73. The molecule has 0 spiro atoms. The van der Waals surface area contributed by atoms with E-state index in [4.69, 9.17) is 5.11 Å². The van der Waals surface area contributed by atoms with Gasteiger partial charge in [0.05, 0.1) is 6.04 Å². The second-order valence-corrected chi connectivity index (χ2v) is 7.23. The molecule has 0 radical (unpaired) electrons. The largest absolute Gasteiger partial charge is 0.480 e. The number of aliphatic carboxylic acids is 1. The van der Waals surface area contributed by atoms with Crippen molar-refractivity contribution in [2.75, 3.05) is 19.6 Å². The van der Waals surface area contributed by atoms with E-state index < -0.39 is 5.97 Å². The van der Waals surface area contributed by atoms with Gasteiger partial charge in [0.2, 0.25) is 0 Å². The van der Waals surface area contributed by atoms with Gasteiger partial charge >= 0.3 is 5.97 Å². The van der Waals surface area contributed by atoms with Crippen LogP contribution in [-0.2, 0) is 11.2 Å². The van der Waals surface area contributed by atoms with Crippen molar-refractivity contribution >= 4 is 5.97 Å². The molecule has 13 heteroatoms. The molecule has 3 fully saturated rings. The number of carboxylic acids is 1. The van der Waals surface area contributed by atoms with Crippen LogP contribution in [0.2, 0.25) is 0 Å². The summed E-state index contributed by atoms with van der Waals surface area (Å²) < 4.78 is 0. The van der Waals surface area contributed by atoms with Crippen LogP contribution in [0.4, 0.5) is 0 Å². The van der Waals surface area contributed by atoms with E-state index in [2.05, 4.69) is 57.2 Å². The zero-order valence-corrected chi connectivity index (χ0v) is 16.3. The molecule has 3 aliphatic heterocycles. The zero-order valence-electron chi connectivity index (χ0n) is 16.3. The van der Waals surface area contributed by atoms with Crippen molar-refractivity contribution in [2.45, 2.75) is 63.1 Å². The van der Waals surface area contributed by atoms with Crippen LogP contribution in [0.3, 0.4) is 0 Å². The molecule has 0 amide bonds. The summed E-state index contributed by atoms with van der Waals surface area (Å²) in [7, 11) is 0. The number of hydrogen-bond donors (Lipinski definition) is 6. The van der Waals surface area contributed by atoms with Crippen molar-refractivity contribution in [1.29, 1.82) is 0 Å². The molecular formula is C16H29N11O2. The molecule has 5 heterocycles. The van der Waals surface area contributed by atoms with Gasteiger partial charge in [0.1, 0.15) is 6.04 Å². The number of carboxylic acid groups (broad SMARTS) is 1. The third-order valence-corrected chi connectivity index (χ3v) is 5.07. The van der Waals surface area contributed by atoms with Gasteiger partial charge in [0, 0.05) is 12.5 Å². The maximum Gasteiger partial charge on any atom is 0.320 e. The summed E-state index contributed by atoms with van der Waals surface area (Å²) in [6, 6.07) is 0.626. The number of nitrogens with one attached hydrogen (secondary N) is 5. The molecule has 3 saturated heterocycles. The standard InChI is InChI=1S/C6H11N5.C5H9N5.C5H9NO2/c1-2-5(7-3-1)4-6-8-10-11-9-6;1-2-4(6-3-1)5-7-9-10-8-5;7-5(8)4-2-1-3-6-4/h5,7H,1-4H2,(H,8,9,10,11);4,6H,1-3H2,(H,7,8,9,10);4,6H,1-3H2,(H,7,8)/t5-;2*4-/m111/s1. The van der Waals surface area contributed by atoms with E-state index in [0.717, 1.165) is 57.0 Å². The molecule has 3 aliphatic rings. The molecule has 0 aliphatic carbocycles. The second-order valence-electron chi connectivity index (χ2n) is 7.23. The highest BCUT2D eigenvalue weighted by Crippen LogP contribution is 2.17. The highest BCUT2D eigenvalue weighted by atomic mass is 16.4. The topological polar surface area (TPSA) is 182 Å². The third-order valence-electron chi connectivity index (χ3n) is 5.07. The fourth-order valence-corrected chi connectivity index (χ4v) is 3.54. The molecule has 2 aromatic heterocycles. The van der Waals surface area contributed by atoms with Crippen LogP contribution >= 0.6 is 0 Å².